The molecule has 26 heavy (non-hydrogen) atoms. The van der Waals surface area contributed by atoms with Crippen molar-refractivity contribution in [3.8, 4) is 0 Å². The summed E-state index contributed by atoms with van der Waals surface area (Å²) >= 11 is 0. The lowest BCUT2D eigenvalue weighted by molar-refractivity contribution is 0.0980. The summed E-state index contributed by atoms with van der Waals surface area (Å²) in [7, 11) is 2.11. The molecule has 0 saturated carbocycles. The molecule has 2 aromatic carbocycles. The lowest BCUT2D eigenvalue weighted by Gasteiger charge is -2.38. The zero-order valence-electron chi connectivity index (χ0n) is 14.6. The van der Waals surface area contributed by atoms with Crippen LogP contribution in [0.5, 0.6) is 0 Å². The van der Waals surface area contributed by atoms with Gasteiger partial charge in [-0.2, -0.15) is 0 Å². The van der Waals surface area contributed by atoms with Gasteiger partial charge in [0, 0.05) is 42.7 Å². The minimum Gasteiger partial charge on any atom is -0.398 e. The quantitative estimate of drug-likeness (QED) is 0.541. The number of hydrogen-bond acceptors (Lipinski definition) is 6. The maximum atomic E-state index is 13.2. The van der Waals surface area contributed by atoms with Crippen molar-refractivity contribution in [3.63, 3.8) is 0 Å². The number of nitrogens with two attached hydrogens (primary N) is 1. The molecule has 2 heterocycles. The van der Waals surface area contributed by atoms with Crippen molar-refractivity contribution in [2.24, 2.45) is 0 Å². The monoisotopic (exact) mass is 348 g/mol. The minimum atomic E-state index is -0.281. The van der Waals surface area contributed by atoms with Gasteiger partial charge in [-0.25, -0.2) is 0 Å². The van der Waals surface area contributed by atoms with Crippen LogP contribution in [0.15, 0.2) is 30.3 Å². The van der Waals surface area contributed by atoms with Crippen molar-refractivity contribution in [3.05, 3.63) is 52.6 Å². The van der Waals surface area contributed by atoms with E-state index >= 15 is 0 Å². The van der Waals surface area contributed by atoms with Crippen LogP contribution in [0.2, 0.25) is 0 Å². The molecule has 2 aromatic rings. The van der Waals surface area contributed by atoms with E-state index in [2.05, 4.69) is 22.6 Å². The summed E-state index contributed by atoms with van der Waals surface area (Å²) in [5, 5.41) is 7.08. The van der Waals surface area contributed by atoms with Gasteiger partial charge in [0.1, 0.15) is 5.66 Å². The van der Waals surface area contributed by atoms with Gasteiger partial charge in [0.15, 0.2) is 11.6 Å². The van der Waals surface area contributed by atoms with Crippen molar-refractivity contribution in [2.45, 2.75) is 18.5 Å². The van der Waals surface area contributed by atoms with Crippen molar-refractivity contribution in [1.82, 2.24) is 4.90 Å². The van der Waals surface area contributed by atoms with E-state index in [-0.39, 0.29) is 17.2 Å². The third-order valence-corrected chi connectivity index (χ3v) is 5.81. The molecule has 0 amide bonds. The van der Waals surface area contributed by atoms with Gasteiger partial charge >= 0.3 is 0 Å². The van der Waals surface area contributed by atoms with Crippen molar-refractivity contribution < 1.29 is 9.59 Å². The van der Waals surface area contributed by atoms with Gasteiger partial charge < -0.3 is 21.3 Å². The zero-order valence-corrected chi connectivity index (χ0v) is 14.6. The number of hydrogen-bond donors (Lipinski definition) is 3. The fourth-order valence-corrected chi connectivity index (χ4v) is 4.33. The Morgan fingerprint density at radius 2 is 1.62 bits per heavy atom. The number of benzene rings is 2. The van der Waals surface area contributed by atoms with Crippen LogP contribution in [0.25, 0.3) is 0 Å². The van der Waals surface area contributed by atoms with Crippen LogP contribution in [0.4, 0.5) is 17.1 Å². The molecule has 2 aliphatic heterocycles. The lowest BCUT2D eigenvalue weighted by Crippen LogP contribution is -2.50. The molecule has 6 nitrogen and oxygen atoms in total. The number of nitrogens with zero attached hydrogens (tertiary/aromatic N) is 1. The Labute approximate surface area is 151 Å². The Kier molecular flexibility index (Phi) is 3.01. The van der Waals surface area contributed by atoms with Crippen LogP contribution in [0.3, 0.4) is 0 Å². The highest BCUT2D eigenvalue weighted by atomic mass is 16.1. The first kappa shape index (κ1) is 15.4. The van der Waals surface area contributed by atoms with Crippen LogP contribution >= 0.6 is 0 Å². The molecule has 6 heteroatoms. The molecule has 1 fully saturated rings. The predicted molar refractivity (Wildman–Crippen MR) is 101 cm³/mol. The maximum absolute atomic E-state index is 13.2. The van der Waals surface area contributed by atoms with Gasteiger partial charge in [0.25, 0.3) is 0 Å². The van der Waals surface area contributed by atoms with E-state index in [1.807, 2.05) is 0 Å². The number of ketones is 2. The largest absolute Gasteiger partial charge is 0.398 e. The number of carbonyl (C=O) groups excluding carboxylic acids is 2. The number of carbonyl (C=O) groups is 2. The van der Waals surface area contributed by atoms with Gasteiger partial charge in [-0.05, 0) is 13.1 Å². The van der Waals surface area contributed by atoms with E-state index in [4.69, 9.17) is 5.73 Å². The smallest absolute Gasteiger partial charge is 0.196 e. The molecule has 0 aromatic heterocycles. The number of likely N-dealkylation sites (tertiary alicyclic amines) is 1. The van der Waals surface area contributed by atoms with Gasteiger partial charge in [0.2, 0.25) is 0 Å². The standard InChI is InChI=1S/C20H20N4O2/c1-24-8-6-20(7-9-24)22-14-10-13(21)15-16(17(14)23-20)19(26)12-5-3-2-4-11(12)18(15)25/h2-5,10,22-23H,6-9,21H2,1H3. The third kappa shape index (κ3) is 1.96. The second kappa shape index (κ2) is 5.08. The van der Waals surface area contributed by atoms with E-state index in [0.29, 0.717) is 33.6 Å². The molecule has 3 aliphatic rings. The Morgan fingerprint density at radius 3 is 2.27 bits per heavy atom. The lowest BCUT2D eigenvalue weighted by atomic mass is 9.82. The van der Waals surface area contributed by atoms with Crippen molar-refractivity contribution in [1.29, 1.82) is 0 Å². The Balaban J connectivity index is 1.66. The number of rotatable bonds is 0. The summed E-state index contributed by atoms with van der Waals surface area (Å²) in [5.41, 5.74) is 9.42. The molecular weight excluding hydrogens is 328 g/mol. The first-order valence-electron chi connectivity index (χ1n) is 8.89. The fraction of sp³-hybridized carbons (Fsp3) is 0.300. The summed E-state index contributed by atoms with van der Waals surface area (Å²) in [6.07, 6.45) is 1.82. The van der Waals surface area contributed by atoms with E-state index in [9.17, 15) is 9.59 Å². The molecule has 1 spiro atoms. The molecule has 0 bridgehead atoms. The van der Waals surface area contributed by atoms with Gasteiger partial charge in [-0.3, -0.25) is 9.59 Å². The number of fused-ring (bicyclic) bond motifs is 4. The normalized spacial score (nSPS) is 20.2. The van der Waals surface area contributed by atoms with E-state index in [0.717, 1.165) is 31.6 Å². The summed E-state index contributed by atoms with van der Waals surface area (Å²) < 4.78 is 0. The third-order valence-electron chi connectivity index (χ3n) is 5.81. The molecule has 5 rings (SSSR count). The number of anilines is 3. The summed E-state index contributed by atoms with van der Waals surface area (Å²) in [4.78, 5) is 28.5. The molecule has 132 valence electrons. The van der Waals surface area contributed by atoms with Gasteiger partial charge in [-0.1, -0.05) is 24.3 Å². The predicted octanol–water partition coefficient (Wildman–Crippen LogP) is 2.30. The fourth-order valence-electron chi connectivity index (χ4n) is 4.33. The highest BCUT2D eigenvalue weighted by Crippen LogP contribution is 2.46. The van der Waals surface area contributed by atoms with Crippen LogP contribution in [0.1, 0.15) is 44.7 Å². The van der Waals surface area contributed by atoms with Crippen LogP contribution in [-0.4, -0.2) is 42.3 Å². The molecule has 1 aliphatic carbocycles. The Hall–Kier alpha value is -2.86. The second-order valence-electron chi connectivity index (χ2n) is 7.48. The number of nitrogens with one attached hydrogen (secondary N) is 2. The van der Waals surface area contributed by atoms with Gasteiger partial charge in [-0.15, -0.1) is 0 Å². The van der Waals surface area contributed by atoms with Crippen LogP contribution in [0, 0.1) is 0 Å². The molecular formula is C20H20N4O2. The maximum Gasteiger partial charge on any atom is 0.196 e. The van der Waals surface area contributed by atoms with Gasteiger partial charge in [0.05, 0.1) is 22.5 Å². The highest BCUT2D eigenvalue weighted by Gasteiger charge is 2.43. The average Bonchev–Trinajstić information content (AvgIpc) is 2.99. The molecule has 0 radical (unpaired) electrons. The Morgan fingerprint density at radius 1 is 1.00 bits per heavy atom. The number of nitrogen functional groups attached to an aromatic ring is 1. The topological polar surface area (TPSA) is 87.5 Å². The van der Waals surface area contributed by atoms with Crippen LogP contribution < -0.4 is 16.4 Å². The minimum absolute atomic E-state index is 0.141. The zero-order chi connectivity index (χ0) is 18.1. The Bertz CT molecular complexity index is 974. The van der Waals surface area contributed by atoms with E-state index < -0.39 is 0 Å². The summed E-state index contributed by atoms with van der Waals surface area (Å²) in [6.45, 7) is 1.92. The second-order valence-corrected chi connectivity index (χ2v) is 7.48. The van der Waals surface area contributed by atoms with Crippen molar-refractivity contribution >= 4 is 28.6 Å². The van der Waals surface area contributed by atoms with E-state index in [1.54, 1.807) is 30.3 Å². The SMILES string of the molecule is CN1CCC2(CC1)Nc1cc(N)c3c(c1N2)C(=O)c1ccccc1C3=O. The molecule has 0 atom stereocenters. The summed E-state index contributed by atoms with van der Waals surface area (Å²) in [6, 6.07) is 8.74. The molecule has 0 unspecified atom stereocenters. The first-order valence-corrected chi connectivity index (χ1v) is 8.89. The molecule has 4 N–H and O–H groups in total. The number of piperidine rings is 1. The van der Waals surface area contributed by atoms with Crippen molar-refractivity contribution in [2.75, 3.05) is 36.5 Å². The van der Waals surface area contributed by atoms with Crippen LogP contribution in [-0.2, 0) is 0 Å². The first-order chi connectivity index (χ1) is 12.5. The molecule has 1 saturated heterocycles. The van der Waals surface area contributed by atoms with E-state index in [1.165, 1.54) is 0 Å². The average molecular weight is 348 g/mol. The highest BCUT2D eigenvalue weighted by molar-refractivity contribution is 6.32. The summed E-state index contributed by atoms with van der Waals surface area (Å²) in [5.74, 6) is -0.320.